The summed E-state index contributed by atoms with van der Waals surface area (Å²) in [6.45, 7) is 12.9. The minimum atomic E-state index is -1.07. The van der Waals surface area contributed by atoms with Crippen molar-refractivity contribution in [1.82, 2.24) is 20.9 Å². The third-order valence-corrected chi connectivity index (χ3v) is 10.5. The van der Waals surface area contributed by atoms with Crippen LogP contribution in [-0.2, 0) is 23.9 Å². The van der Waals surface area contributed by atoms with E-state index in [4.69, 9.17) is 10.5 Å². The van der Waals surface area contributed by atoms with Crippen LogP contribution < -0.4 is 21.7 Å². The highest BCUT2D eigenvalue weighted by atomic mass is 16.5. The number of rotatable bonds is 15. The molecule has 11 nitrogen and oxygen atoms in total. The topological polar surface area (TPSA) is 160 Å². The van der Waals surface area contributed by atoms with Gasteiger partial charge in [-0.3, -0.25) is 19.2 Å². The molecule has 5 N–H and O–H groups in total. The van der Waals surface area contributed by atoms with Gasteiger partial charge in [-0.05, 0) is 68.1 Å². The summed E-state index contributed by atoms with van der Waals surface area (Å²) in [6.07, 6.45) is 9.15. The van der Waals surface area contributed by atoms with Gasteiger partial charge in [0.2, 0.25) is 17.6 Å². The van der Waals surface area contributed by atoms with E-state index in [0.717, 1.165) is 51.4 Å². The Morgan fingerprint density at radius 3 is 2.13 bits per heavy atom. The Hall–Kier alpha value is -2.69. The molecule has 0 aromatic heterocycles. The van der Waals surface area contributed by atoms with Crippen LogP contribution in [0.4, 0.5) is 4.79 Å². The summed E-state index contributed by atoms with van der Waals surface area (Å²) in [7, 11) is 1.60. The van der Waals surface area contributed by atoms with Gasteiger partial charge in [-0.25, -0.2) is 4.79 Å². The molecule has 5 amide bonds. The molecule has 0 spiro atoms. The average molecular weight is 634 g/mol. The summed E-state index contributed by atoms with van der Waals surface area (Å²) in [5.74, 6) is -2.11. The van der Waals surface area contributed by atoms with Gasteiger partial charge < -0.3 is 31.3 Å². The highest BCUT2D eigenvalue weighted by Gasteiger charge is 2.50. The minimum Gasteiger partial charge on any atom is -0.382 e. The predicted octanol–water partition coefficient (Wildman–Crippen LogP) is 3.68. The van der Waals surface area contributed by atoms with Gasteiger partial charge in [-0.2, -0.15) is 0 Å². The summed E-state index contributed by atoms with van der Waals surface area (Å²) in [4.78, 5) is 68.6. The summed E-state index contributed by atoms with van der Waals surface area (Å²) in [5, 5.41) is 9.00. The first-order chi connectivity index (χ1) is 21.1. The number of urea groups is 1. The van der Waals surface area contributed by atoms with Crippen molar-refractivity contribution in [2.45, 2.75) is 136 Å². The number of hydrogen-bond acceptors (Lipinski definition) is 6. The maximum absolute atomic E-state index is 14.6. The molecule has 3 aliphatic rings. The maximum atomic E-state index is 14.6. The van der Waals surface area contributed by atoms with Gasteiger partial charge in [0.25, 0.3) is 5.91 Å². The quantitative estimate of drug-likeness (QED) is 0.201. The molecule has 0 aromatic carbocycles. The van der Waals surface area contributed by atoms with Crippen molar-refractivity contribution in [3.05, 3.63) is 0 Å². The predicted molar refractivity (Wildman–Crippen MR) is 173 cm³/mol. The summed E-state index contributed by atoms with van der Waals surface area (Å²) in [6, 6.07) is -3.13. The molecule has 3 unspecified atom stereocenters. The number of primary amides is 1. The lowest BCUT2D eigenvalue weighted by atomic mass is 9.70. The standard InChI is InChI=1S/C34H59N5O6/c1-21(2)19-34(6,20-45-7)38-32(44)37-28(33(5)15-9-8-10-16-33)31(43)39-17-14-24(22(3)4)26(39)30(42)36-25(27(40)29(35)41)18-23-12-11-13-23/h21-26,28H,8-20H2,1-7H3,(H2,35,41)(H,36,42)(H2,37,38,44)/t24-,25?,26?,28?,34-/m1/s1. The zero-order chi connectivity index (χ0) is 33.5. The van der Waals surface area contributed by atoms with E-state index in [1.807, 2.05) is 20.8 Å². The summed E-state index contributed by atoms with van der Waals surface area (Å²) >= 11 is 0. The van der Waals surface area contributed by atoms with E-state index >= 15 is 0 Å². The number of hydrogen-bond donors (Lipinski definition) is 4. The molecule has 1 aliphatic heterocycles. The zero-order valence-corrected chi connectivity index (χ0v) is 28.7. The van der Waals surface area contributed by atoms with Gasteiger partial charge >= 0.3 is 6.03 Å². The number of Topliss-reactive ketones (excluding diaryl/α,β-unsaturated/α-hetero) is 1. The number of nitrogens with two attached hydrogens (primary N) is 1. The number of carbonyl (C=O) groups is 5. The van der Waals surface area contributed by atoms with Crippen LogP contribution in [0.5, 0.6) is 0 Å². The summed E-state index contributed by atoms with van der Waals surface area (Å²) in [5.41, 5.74) is 4.24. The van der Waals surface area contributed by atoms with E-state index in [9.17, 15) is 24.0 Å². The normalized spacial score (nSPS) is 24.3. The van der Waals surface area contributed by atoms with Crippen LogP contribution in [0.2, 0.25) is 0 Å². The molecule has 2 saturated carbocycles. The third-order valence-electron chi connectivity index (χ3n) is 10.5. The van der Waals surface area contributed by atoms with E-state index in [1.165, 1.54) is 0 Å². The first-order valence-electron chi connectivity index (χ1n) is 17.1. The van der Waals surface area contributed by atoms with Crippen LogP contribution in [0.1, 0.15) is 112 Å². The lowest BCUT2D eigenvalue weighted by molar-refractivity contribution is -0.145. The van der Waals surface area contributed by atoms with Crippen LogP contribution in [0.3, 0.4) is 0 Å². The van der Waals surface area contributed by atoms with Gasteiger partial charge in [0.05, 0.1) is 18.2 Å². The Morgan fingerprint density at radius 2 is 1.62 bits per heavy atom. The molecule has 2 aliphatic carbocycles. The largest absolute Gasteiger partial charge is 0.382 e. The number of amides is 5. The number of likely N-dealkylation sites (tertiary alicyclic amines) is 1. The molecule has 1 saturated heterocycles. The van der Waals surface area contributed by atoms with Crippen LogP contribution in [-0.4, -0.2) is 78.4 Å². The van der Waals surface area contributed by atoms with Crippen molar-refractivity contribution >= 4 is 29.5 Å². The Labute approximate surface area is 269 Å². The minimum absolute atomic E-state index is 0.0845. The SMILES string of the molecule is COC[C@@](C)(CC(C)C)NC(=O)NC(C(=O)N1CC[C@H](C(C)C)C1C(=O)NC(CC1CCC1)C(=O)C(N)=O)C1(C)CCCCC1. The van der Waals surface area contributed by atoms with Gasteiger partial charge in [0, 0.05) is 13.7 Å². The fourth-order valence-corrected chi connectivity index (χ4v) is 7.97. The average Bonchev–Trinajstić information content (AvgIpc) is 3.38. The number of methoxy groups -OCH3 is 1. The number of nitrogens with one attached hydrogen (secondary N) is 3. The van der Waals surface area contributed by atoms with Crippen molar-refractivity contribution in [2.75, 3.05) is 20.3 Å². The van der Waals surface area contributed by atoms with Gasteiger partial charge in [-0.1, -0.05) is 73.1 Å². The van der Waals surface area contributed by atoms with Gasteiger partial charge in [0.15, 0.2) is 0 Å². The molecule has 256 valence electrons. The van der Waals surface area contributed by atoms with Crippen LogP contribution >= 0.6 is 0 Å². The molecule has 3 fully saturated rings. The highest BCUT2D eigenvalue weighted by Crippen LogP contribution is 2.41. The van der Waals surface area contributed by atoms with Crippen molar-refractivity contribution in [3.63, 3.8) is 0 Å². The summed E-state index contributed by atoms with van der Waals surface area (Å²) < 4.78 is 5.44. The van der Waals surface area contributed by atoms with Crippen molar-refractivity contribution in [2.24, 2.45) is 34.8 Å². The third kappa shape index (κ3) is 9.42. The molecular formula is C34H59N5O6. The lowest BCUT2D eigenvalue weighted by Gasteiger charge is -2.43. The van der Waals surface area contributed by atoms with Gasteiger partial charge in [-0.15, -0.1) is 0 Å². The van der Waals surface area contributed by atoms with Crippen LogP contribution in [0.25, 0.3) is 0 Å². The molecule has 1 heterocycles. The first kappa shape index (κ1) is 36.8. The van der Waals surface area contributed by atoms with E-state index in [-0.39, 0.29) is 23.7 Å². The van der Waals surface area contributed by atoms with E-state index in [2.05, 4.69) is 36.7 Å². The molecule has 11 heteroatoms. The van der Waals surface area contributed by atoms with Crippen molar-refractivity contribution in [1.29, 1.82) is 0 Å². The first-order valence-corrected chi connectivity index (χ1v) is 17.1. The number of ketones is 1. The Bertz CT molecular complexity index is 1070. The maximum Gasteiger partial charge on any atom is 0.315 e. The Morgan fingerprint density at radius 1 is 0.978 bits per heavy atom. The number of nitrogens with zero attached hydrogens (tertiary/aromatic N) is 1. The number of ether oxygens (including phenoxy) is 1. The van der Waals surface area contributed by atoms with E-state index < -0.39 is 52.7 Å². The molecule has 0 radical (unpaired) electrons. The second-order valence-corrected chi connectivity index (χ2v) is 15.3. The molecule has 0 bridgehead atoms. The second kappa shape index (κ2) is 15.7. The fraction of sp³-hybridized carbons (Fsp3) is 0.853. The van der Waals surface area contributed by atoms with E-state index in [0.29, 0.717) is 38.3 Å². The molecule has 0 aromatic rings. The second-order valence-electron chi connectivity index (χ2n) is 15.3. The Kier molecular flexibility index (Phi) is 12.9. The van der Waals surface area contributed by atoms with E-state index in [1.54, 1.807) is 12.0 Å². The molecule has 45 heavy (non-hydrogen) atoms. The molecular weight excluding hydrogens is 574 g/mol. The Balaban J connectivity index is 1.90. The van der Waals surface area contributed by atoms with Gasteiger partial charge in [0.1, 0.15) is 12.1 Å². The lowest BCUT2D eigenvalue weighted by Crippen LogP contribution is -2.63. The highest BCUT2D eigenvalue weighted by molar-refractivity contribution is 6.37. The molecule has 3 rings (SSSR count). The number of carbonyl (C=O) groups excluding carboxylic acids is 5. The van der Waals surface area contributed by atoms with Crippen LogP contribution in [0, 0.1) is 29.1 Å². The smallest absolute Gasteiger partial charge is 0.315 e. The van der Waals surface area contributed by atoms with Crippen molar-refractivity contribution < 1.29 is 28.7 Å². The van der Waals surface area contributed by atoms with Crippen LogP contribution in [0.15, 0.2) is 0 Å². The zero-order valence-electron chi connectivity index (χ0n) is 28.7. The fourth-order valence-electron chi connectivity index (χ4n) is 7.97. The van der Waals surface area contributed by atoms with Crippen molar-refractivity contribution in [3.8, 4) is 0 Å². The monoisotopic (exact) mass is 633 g/mol. The molecule has 5 atom stereocenters.